The van der Waals surface area contributed by atoms with E-state index in [0.29, 0.717) is 6.67 Å². The number of fused-ring (bicyclic) bond motifs is 1. The van der Waals surface area contributed by atoms with Crippen LogP contribution in [0, 0.1) is 0 Å². The molecule has 0 atom stereocenters. The standard InChI is InChI=1S/C6H6ClN3S/c7-6-1-4-5(11-6)2-9-3-10(4)8/h1-2H,3,8H2. The Morgan fingerprint density at radius 3 is 3.27 bits per heavy atom. The Morgan fingerprint density at radius 1 is 1.73 bits per heavy atom. The molecule has 0 saturated carbocycles. The fourth-order valence-corrected chi connectivity index (χ4v) is 2.11. The molecule has 0 radical (unpaired) electrons. The van der Waals surface area contributed by atoms with E-state index in [1.807, 2.05) is 6.07 Å². The van der Waals surface area contributed by atoms with Crippen LogP contribution in [0.2, 0.25) is 4.34 Å². The van der Waals surface area contributed by atoms with Crippen LogP contribution in [0.1, 0.15) is 4.88 Å². The minimum atomic E-state index is 0.514. The summed E-state index contributed by atoms with van der Waals surface area (Å²) in [5.41, 5.74) is 0.968. The molecule has 1 aromatic rings. The van der Waals surface area contributed by atoms with E-state index in [1.165, 1.54) is 11.3 Å². The molecular weight excluding hydrogens is 182 g/mol. The van der Waals surface area contributed by atoms with Crippen molar-refractivity contribution in [3.05, 3.63) is 15.3 Å². The molecule has 0 spiro atoms. The van der Waals surface area contributed by atoms with Gasteiger partial charge in [0.2, 0.25) is 0 Å². The van der Waals surface area contributed by atoms with Gasteiger partial charge in [-0.05, 0) is 6.07 Å². The van der Waals surface area contributed by atoms with E-state index in [9.17, 15) is 0 Å². The zero-order chi connectivity index (χ0) is 7.84. The first kappa shape index (κ1) is 7.09. The van der Waals surface area contributed by atoms with Crippen LogP contribution in [-0.2, 0) is 0 Å². The topological polar surface area (TPSA) is 41.6 Å². The van der Waals surface area contributed by atoms with Crippen molar-refractivity contribution in [3.8, 4) is 0 Å². The number of thiophene rings is 1. The third-order valence-electron chi connectivity index (χ3n) is 1.46. The highest BCUT2D eigenvalue weighted by atomic mass is 35.5. The van der Waals surface area contributed by atoms with Gasteiger partial charge in [-0.3, -0.25) is 10.0 Å². The maximum absolute atomic E-state index is 5.79. The van der Waals surface area contributed by atoms with Crippen LogP contribution in [0.25, 0.3) is 0 Å². The molecule has 2 heterocycles. The fourth-order valence-electron chi connectivity index (χ4n) is 0.970. The van der Waals surface area contributed by atoms with Crippen LogP contribution < -0.4 is 10.9 Å². The minimum Gasteiger partial charge on any atom is -0.288 e. The van der Waals surface area contributed by atoms with Gasteiger partial charge in [-0.1, -0.05) is 11.6 Å². The second kappa shape index (κ2) is 2.48. The van der Waals surface area contributed by atoms with Crippen molar-refractivity contribution < 1.29 is 0 Å². The first-order valence-corrected chi connectivity index (χ1v) is 4.28. The highest BCUT2D eigenvalue weighted by Gasteiger charge is 2.13. The molecule has 0 bridgehead atoms. The van der Waals surface area contributed by atoms with E-state index in [0.717, 1.165) is 14.9 Å². The van der Waals surface area contributed by atoms with Gasteiger partial charge in [-0.15, -0.1) is 11.3 Å². The summed E-state index contributed by atoms with van der Waals surface area (Å²) in [6.45, 7) is 0.514. The molecule has 1 aliphatic heterocycles. The van der Waals surface area contributed by atoms with Crippen LogP contribution in [-0.4, -0.2) is 12.9 Å². The number of hydrazine groups is 1. The van der Waals surface area contributed by atoms with Gasteiger partial charge in [0.15, 0.2) is 0 Å². The summed E-state index contributed by atoms with van der Waals surface area (Å²) in [4.78, 5) is 5.07. The average molecular weight is 188 g/mol. The molecule has 0 aliphatic carbocycles. The lowest BCUT2D eigenvalue weighted by Crippen LogP contribution is -2.33. The van der Waals surface area contributed by atoms with Crippen molar-refractivity contribution in [1.82, 2.24) is 0 Å². The van der Waals surface area contributed by atoms with Crippen LogP contribution in [0.5, 0.6) is 0 Å². The first-order chi connectivity index (χ1) is 5.27. The third kappa shape index (κ3) is 1.13. The van der Waals surface area contributed by atoms with E-state index in [1.54, 1.807) is 11.2 Å². The summed E-state index contributed by atoms with van der Waals surface area (Å²) in [7, 11) is 0. The van der Waals surface area contributed by atoms with Gasteiger partial charge in [-0.25, -0.2) is 5.84 Å². The van der Waals surface area contributed by atoms with Gasteiger partial charge < -0.3 is 0 Å². The highest BCUT2D eigenvalue weighted by Crippen LogP contribution is 2.32. The Hall–Kier alpha value is -0.580. The predicted molar refractivity (Wildman–Crippen MR) is 48.5 cm³/mol. The molecular formula is C6H6ClN3S. The summed E-state index contributed by atoms with van der Waals surface area (Å²) in [5.74, 6) is 5.63. The molecule has 0 aromatic carbocycles. The number of halogens is 1. The second-order valence-electron chi connectivity index (χ2n) is 2.22. The lowest BCUT2D eigenvalue weighted by Gasteiger charge is -2.18. The molecule has 3 nitrogen and oxygen atoms in total. The maximum Gasteiger partial charge on any atom is 0.124 e. The van der Waals surface area contributed by atoms with E-state index in [4.69, 9.17) is 17.4 Å². The molecule has 0 saturated heterocycles. The SMILES string of the molecule is NN1CN=Cc2sc(Cl)cc21. The minimum absolute atomic E-state index is 0.514. The van der Waals surface area contributed by atoms with Crippen molar-refractivity contribution >= 4 is 34.8 Å². The number of aliphatic imine (C=N–C) groups is 1. The monoisotopic (exact) mass is 187 g/mol. The summed E-state index contributed by atoms with van der Waals surface area (Å²) < 4.78 is 0.749. The van der Waals surface area contributed by atoms with Crippen LogP contribution in [0.15, 0.2) is 11.1 Å². The molecule has 2 rings (SSSR count). The van der Waals surface area contributed by atoms with E-state index >= 15 is 0 Å². The predicted octanol–water partition coefficient (Wildman–Crippen LogP) is 1.47. The molecule has 11 heavy (non-hydrogen) atoms. The van der Waals surface area contributed by atoms with E-state index in [2.05, 4.69) is 4.99 Å². The number of nitrogens with zero attached hydrogens (tertiary/aromatic N) is 2. The molecule has 5 heteroatoms. The number of anilines is 1. The Bertz CT molecular complexity index is 307. The van der Waals surface area contributed by atoms with Crippen molar-refractivity contribution in [3.63, 3.8) is 0 Å². The van der Waals surface area contributed by atoms with Crippen LogP contribution in [0.3, 0.4) is 0 Å². The Balaban J connectivity index is 2.53. The Labute approximate surface area is 73.1 Å². The summed E-state index contributed by atoms with van der Waals surface area (Å²) in [5, 5.41) is 1.58. The van der Waals surface area contributed by atoms with E-state index in [-0.39, 0.29) is 0 Å². The zero-order valence-corrected chi connectivity index (χ0v) is 7.19. The maximum atomic E-state index is 5.79. The fraction of sp³-hybridized carbons (Fsp3) is 0.167. The molecule has 58 valence electrons. The summed E-state index contributed by atoms with van der Waals surface area (Å²) in [6, 6.07) is 1.85. The molecule has 2 N–H and O–H groups in total. The van der Waals surface area contributed by atoms with Gasteiger partial charge in [0.05, 0.1) is 14.9 Å². The summed E-state index contributed by atoms with van der Waals surface area (Å²) >= 11 is 7.28. The quantitative estimate of drug-likeness (QED) is 0.625. The molecule has 0 unspecified atom stereocenters. The second-order valence-corrected chi connectivity index (χ2v) is 3.94. The lowest BCUT2D eigenvalue weighted by atomic mass is 10.4. The normalized spacial score (nSPS) is 15.3. The van der Waals surface area contributed by atoms with Gasteiger partial charge in [0.25, 0.3) is 0 Å². The molecule has 1 aromatic heterocycles. The highest BCUT2D eigenvalue weighted by molar-refractivity contribution is 7.18. The number of hydrogen-bond acceptors (Lipinski definition) is 4. The van der Waals surface area contributed by atoms with Gasteiger partial charge in [-0.2, -0.15) is 0 Å². The Kier molecular flexibility index (Phi) is 1.60. The molecule has 0 amide bonds. The van der Waals surface area contributed by atoms with Gasteiger partial charge >= 0.3 is 0 Å². The molecule has 0 fully saturated rings. The smallest absolute Gasteiger partial charge is 0.124 e. The van der Waals surface area contributed by atoms with Crippen molar-refractivity contribution in [1.29, 1.82) is 0 Å². The summed E-state index contributed by atoms with van der Waals surface area (Å²) in [6.07, 6.45) is 1.80. The molecule has 1 aliphatic rings. The third-order valence-corrected chi connectivity index (χ3v) is 2.65. The number of rotatable bonds is 0. The first-order valence-electron chi connectivity index (χ1n) is 3.09. The zero-order valence-electron chi connectivity index (χ0n) is 5.62. The van der Waals surface area contributed by atoms with Crippen molar-refractivity contribution in [2.75, 3.05) is 11.7 Å². The lowest BCUT2D eigenvalue weighted by molar-refractivity contribution is 0.861. The van der Waals surface area contributed by atoms with Crippen LogP contribution >= 0.6 is 22.9 Å². The average Bonchev–Trinajstić information content (AvgIpc) is 2.31. The van der Waals surface area contributed by atoms with Crippen molar-refractivity contribution in [2.45, 2.75) is 0 Å². The van der Waals surface area contributed by atoms with Crippen molar-refractivity contribution in [2.24, 2.45) is 10.8 Å². The van der Waals surface area contributed by atoms with E-state index < -0.39 is 0 Å². The van der Waals surface area contributed by atoms with Gasteiger partial charge in [0.1, 0.15) is 6.67 Å². The number of hydrogen-bond donors (Lipinski definition) is 1. The largest absolute Gasteiger partial charge is 0.288 e. The Morgan fingerprint density at radius 2 is 2.55 bits per heavy atom. The van der Waals surface area contributed by atoms with Crippen LogP contribution in [0.4, 0.5) is 5.69 Å². The van der Waals surface area contributed by atoms with Gasteiger partial charge in [0, 0.05) is 6.21 Å². The number of nitrogens with two attached hydrogens (primary N) is 1.